The van der Waals surface area contributed by atoms with Gasteiger partial charge in [-0.05, 0) is 20.3 Å². The van der Waals surface area contributed by atoms with Gasteiger partial charge in [0.1, 0.15) is 0 Å². The Hall–Kier alpha value is -0.480. The molecule has 4 heteroatoms. The van der Waals surface area contributed by atoms with Crippen LogP contribution < -0.4 is 0 Å². The van der Waals surface area contributed by atoms with Crippen LogP contribution in [-0.4, -0.2) is 29.4 Å². The van der Waals surface area contributed by atoms with Crippen molar-refractivity contribution >= 4 is 17.7 Å². The fourth-order valence-corrected chi connectivity index (χ4v) is 3.16. The molecule has 0 amide bonds. The summed E-state index contributed by atoms with van der Waals surface area (Å²) in [7, 11) is 0. The Balaban J connectivity index is 2.16. The van der Waals surface area contributed by atoms with Crippen LogP contribution in [0.5, 0.6) is 0 Å². The molecule has 0 N–H and O–H groups in total. The smallest absolute Gasteiger partial charge is 0.350 e. The van der Waals surface area contributed by atoms with Crippen LogP contribution in [0, 0.1) is 5.92 Å². The number of thioether (sulfide) groups is 1. The van der Waals surface area contributed by atoms with Gasteiger partial charge in [-0.3, -0.25) is 0 Å². The zero-order chi connectivity index (χ0) is 10.9. The molecule has 84 valence electrons. The number of ether oxygens (including phenoxy) is 2. The van der Waals surface area contributed by atoms with E-state index in [1.54, 1.807) is 11.8 Å². The predicted molar refractivity (Wildman–Crippen MR) is 59.6 cm³/mol. The van der Waals surface area contributed by atoms with E-state index in [0.29, 0.717) is 6.61 Å². The van der Waals surface area contributed by atoms with E-state index in [1.165, 1.54) is 0 Å². The highest BCUT2D eigenvalue weighted by molar-refractivity contribution is 8.01. The molecule has 15 heavy (non-hydrogen) atoms. The van der Waals surface area contributed by atoms with Crippen molar-refractivity contribution in [1.82, 2.24) is 0 Å². The summed E-state index contributed by atoms with van der Waals surface area (Å²) in [5.74, 6) is 0.792. The largest absolute Gasteiger partial charge is 0.460 e. The zero-order valence-corrected chi connectivity index (χ0v) is 9.88. The lowest BCUT2D eigenvalue weighted by Crippen LogP contribution is -2.44. The first-order chi connectivity index (χ1) is 7.15. The van der Waals surface area contributed by atoms with Crippen molar-refractivity contribution in [2.75, 3.05) is 12.4 Å². The molecule has 0 unspecified atom stereocenters. The third-order valence-corrected chi connectivity index (χ3v) is 4.00. The second-order valence-electron chi connectivity index (χ2n) is 4.10. The number of hydrogen-bond acceptors (Lipinski definition) is 4. The van der Waals surface area contributed by atoms with Crippen molar-refractivity contribution in [2.24, 2.45) is 5.92 Å². The van der Waals surface area contributed by atoms with Gasteiger partial charge in [0, 0.05) is 18.3 Å². The Morgan fingerprint density at radius 3 is 3.20 bits per heavy atom. The third kappa shape index (κ3) is 1.93. The summed E-state index contributed by atoms with van der Waals surface area (Å²) >= 11 is 1.55. The van der Waals surface area contributed by atoms with E-state index in [-0.39, 0.29) is 18.0 Å². The Kier molecular flexibility index (Phi) is 3.07. The number of hydrogen-bond donors (Lipinski definition) is 0. The maximum atomic E-state index is 12.0. The highest BCUT2D eigenvalue weighted by Gasteiger charge is 2.52. The van der Waals surface area contributed by atoms with Crippen LogP contribution in [0.1, 0.15) is 20.3 Å². The lowest BCUT2D eigenvalue weighted by Gasteiger charge is -2.32. The first kappa shape index (κ1) is 11.0. The highest BCUT2D eigenvalue weighted by Crippen LogP contribution is 2.46. The summed E-state index contributed by atoms with van der Waals surface area (Å²) in [6, 6.07) is 0. The molecule has 0 aromatic carbocycles. The summed E-state index contributed by atoms with van der Waals surface area (Å²) < 4.78 is 10.9. The molecule has 1 fully saturated rings. The van der Waals surface area contributed by atoms with Crippen LogP contribution in [0.4, 0.5) is 0 Å². The van der Waals surface area contributed by atoms with E-state index in [2.05, 4.69) is 12.2 Å². The van der Waals surface area contributed by atoms with E-state index >= 15 is 0 Å². The molecule has 2 aliphatic rings. The lowest BCUT2D eigenvalue weighted by molar-refractivity contribution is -0.162. The normalized spacial score (nSPS) is 34.2. The molecular formula is C11H16O3S. The molecule has 0 aromatic heterocycles. The minimum Gasteiger partial charge on any atom is -0.460 e. The van der Waals surface area contributed by atoms with E-state index in [4.69, 9.17) is 9.47 Å². The molecule has 0 aromatic rings. The highest BCUT2D eigenvalue weighted by atomic mass is 32.2. The molecule has 2 atom stereocenters. The Morgan fingerprint density at radius 1 is 1.67 bits per heavy atom. The van der Waals surface area contributed by atoms with Gasteiger partial charge in [0.15, 0.2) is 0 Å². The maximum absolute atomic E-state index is 12.0. The summed E-state index contributed by atoms with van der Waals surface area (Å²) in [5, 5.41) is 0. The molecular weight excluding hydrogens is 212 g/mol. The van der Waals surface area contributed by atoms with E-state index in [9.17, 15) is 4.79 Å². The summed E-state index contributed by atoms with van der Waals surface area (Å²) in [4.78, 5) is 11.3. The molecule has 1 saturated heterocycles. The van der Waals surface area contributed by atoms with Gasteiger partial charge < -0.3 is 9.47 Å². The zero-order valence-electron chi connectivity index (χ0n) is 9.06. The average Bonchev–Trinajstić information content (AvgIpc) is 2.61. The fourth-order valence-electron chi connectivity index (χ4n) is 1.96. The first-order valence-electron chi connectivity index (χ1n) is 5.31. The number of rotatable bonds is 2. The van der Waals surface area contributed by atoms with E-state index < -0.39 is 4.93 Å². The monoisotopic (exact) mass is 228 g/mol. The van der Waals surface area contributed by atoms with Crippen LogP contribution >= 0.6 is 11.8 Å². The SMILES string of the molecule is CC(C)OC(=O)[C@@]12OCC[C@@H]1C=CCS2. The van der Waals surface area contributed by atoms with Crippen LogP contribution in [0.25, 0.3) is 0 Å². The molecule has 0 saturated carbocycles. The topological polar surface area (TPSA) is 35.5 Å². The number of fused-ring (bicyclic) bond motifs is 1. The minimum absolute atomic E-state index is 0.0803. The maximum Gasteiger partial charge on any atom is 0.350 e. The summed E-state index contributed by atoms with van der Waals surface area (Å²) in [5.41, 5.74) is 0. The molecule has 3 nitrogen and oxygen atoms in total. The molecule has 2 aliphatic heterocycles. The van der Waals surface area contributed by atoms with Gasteiger partial charge in [-0.1, -0.05) is 12.2 Å². The molecule has 2 heterocycles. The van der Waals surface area contributed by atoms with E-state index in [1.807, 2.05) is 13.8 Å². The van der Waals surface area contributed by atoms with Crippen LogP contribution in [0.2, 0.25) is 0 Å². The number of esters is 1. The van der Waals surface area contributed by atoms with Crippen molar-refractivity contribution in [1.29, 1.82) is 0 Å². The van der Waals surface area contributed by atoms with Gasteiger partial charge in [0.05, 0.1) is 6.10 Å². The average molecular weight is 228 g/mol. The van der Waals surface area contributed by atoms with Crippen molar-refractivity contribution in [3.05, 3.63) is 12.2 Å². The van der Waals surface area contributed by atoms with Gasteiger partial charge in [-0.25, -0.2) is 4.79 Å². The Bertz CT molecular complexity index is 288. The fraction of sp³-hybridized carbons (Fsp3) is 0.727. The van der Waals surface area contributed by atoms with Gasteiger partial charge >= 0.3 is 5.97 Å². The van der Waals surface area contributed by atoms with Crippen LogP contribution in [-0.2, 0) is 14.3 Å². The molecule has 0 aliphatic carbocycles. The van der Waals surface area contributed by atoms with Gasteiger partial charge in [0.2, 0.25) is 4.93 Å². The second-order valence-corrected chi connectivity index (χ2v) is 5.33. The third-order valence-electron chi connectivity index (χ3n) is 2.62. The van der Waals surface area contributed by atoms with Crippen molar-refractivity contribution in [2.45, 2.75) is 31.3 Å². The number of carbonyl (C=O) groups excluding carboxylic acids is 1. The lowest BCUT2D eigenvalue weighted by atomic mass is 10.00. The summed E-state index contributed by atoms with van der Waals surface area (Å²) in [6.07, 6.45) is 5.02. The van der Waals surface area contributed by atoms with E-state index in [0.717, 1.165) is 12.2 Å². The quantitative estimate of drug-likeness (QED) is 0.535. The molecule has 0 bridgehead atoms. The van der Waals surface area contributed by atoms with Gasteiger partial charge in [-0.2, -0.15) is 0 Å². The van der Waals surface area contributed by atoms with Gasteiger partial charge in [0.25, 0.3) is 0 Å². The second kappa shape index (κ2) is 4.18. The first-order valence-corrected chi connectivity index (χ1v) is 6.29. The number of carbonyl (C=O) groups is 1. The Labute approximate surface area is 94.2 Å². The van der Waals surface area contributed by atoms with Crippen molar-refractivity contribution < 1.29 is 14.3 Å². The van der Waals surface area contributed by atoms with Crippen molar-refractivity contribution in [3.8, 4) is 0 Å². The standard InChI is InChI=1S/C11H16O3S/c1-8(2)14-10(12)11-9(5-6-13-11)4-3-7-15-11/h3-4,8-9H,5-7H2,1-2H3/t9-,11+/m0/s1. The Morgan fingerprint density at radius 2 is 2.47 bits per heavy atom. The van der Waals surface area contributed by atoms with Crippen LogP contribution in [0.3, 0.4) is 0 Å². The molecule has 2 rings (SSSR count). The van der Waals surface area contributed by atoms with Gasteiger partial charge in [-0.15, -0.1) is 11.8 Å². The summed E-state index contributed by atoms with van der Waals surface area (Å²) in [6.45, 7) is 4.37. The van der Waals surface area contributed by atoms with Crippen molar-refractivity contribution in [3.63, 3.8) is 0 Å². The minimum atomic E-state index is -0.751. The predicted octanol–water partition coefficient (Wildman–Crippen LogP) is 1.97. The molecule has 0 spiro atoms. The molecule has 0 radical (unpaired) electrons. The van der Waals surface area contributed by atoms with Crippen LogP contribution in [0.15, 0.2) is 12.2 Å².